The second kappa shape index (κ2) is 5.80. The summed E-state index contributed by atoms with van der Waals surface area (Å²) in [5.74, 6) is -0.487. The van der Waals surface area contributed by atoms with Gasteiger partial charge in [0.05, 0.1) is 12.0 Å². The highest BCUT2D eigenvalue weighted by Gasteiger charge is 2.39. The Morgan fingerprint density at radius 2 is 2.25 bits per heavy atom. The zero-order chi connectivity index (χ0) is 14.8. The Balaban J connectivity index is 2.08. The van der Waals surface area contributed by atoms with Gasteiger partial charge in [0, 0.05) is 13.2 Å². The maximum absolute atomic E-state index is 11.5. The fourth-order valence-corrected chi connectivity index (χ4v) is 2.50. The van der Waals surface area contributed by atoms with Gasteiger partial charge in [0.15, 0.2) is 0 Å². The molecule has 0 saturated heterocycles. The number of amides is 1. The Morgan fingerprint density at radius 3 is 2.90 bits per heavy atom. The molecule has 1 unspecified atom stereocenters. The summed E-state index contributed by atoms with van der Waals surface area (Å²) in [4.78, 5) is 17.9. The van der Waals surface area contributed by atoms with E-state index in [1.165, 1.54) is 0 Å². The van der Waals surface area contributed by atoms with Crippen LogP contribution < -0.4 is 16.4 Å². The lowest BCUT2D eigenvalue weighted by atomic mass is 10.1. The topological polar surface area (TPSA) is 103 Å². The molecule has 0 radical (unpaired) electrons. The van der Waals surface area contributed by atoms with E-state index in [1.807, 2.05) is 13.8 Å². The van der Waals surface area contributed by atoms with Crippen molar-refractivity contribution in [2.75, 3.05) is 13.2 Å². The van der Waals surface area contributed by atoms with Crippen molar-refractivity contribution in [2.45, 2.75) is 44.9 Å². The van der Waals surface area contributed by atoms with Crippen molar-refractivity contribution in [3.8, 4) is 0 Å². The van der Waals surface area contributed by atoms with E-state index in [-0.39, 0.29) is 12.8 Å². The molecule has 112 valence electrons. The molecular weight excluding hydrogens is 258 g/mol. The number of aliphatic hydroxyl groups is 1. The van der Waals surface area contributed by atoms with E-state index in [4.69, 9.17) is 10.8 Å². The minimum absolute atomic E-state index is 0.122. The predicted molar refractivity (Wildman–Crippen MR) is 76.5 cm³/mol. The third-order valence-electron chi connectivity index (χ3n) is 3.45. The Labute approximate surface area is 118 Å². The van der Waals surface area contributed by atoms with Gasteiger partial charge in [-0.15, -0.1) is 0 Å². The molecule has 1 amide bonds. The van der Waals surface area contributed by atoms with Crippen LogP contribution in [0.1, 0.15) is 33.1 Å². The van der Waals surface area contributed by atoms with E-state index in [9.17, 15) is 4.79 Å². The number of hydrogen-bond acceptors (Lipinski definition) is 6. The first-order valence-electron chi connectivity index (χ1n) is 6.95. The summed E-state index contributed by atoms with van der Waals surface area (Å²) in [6.45, 7) is 4.96. The van der Waals surface area contributed by atoms with E-state index in [2.05, 4.69) is 20.5 Å². The lowest BCUT2D eigenvalue weighted by molar-refractivity contribution is -0.115. The van der Waals surface area contributed by atoms with Crippen LogP contribution in [0.4, 0.5) is 0 Å². The molecule has 0 saturated carbocycles. The molecule has 2 aliphatic heterocycles. The predicted octanol–water partition coefficient (Wildman–Crippen LogP) is -0.555. The highest BCUT2D eigenvalue weighted by molar-refractivity contribution is 5.93. The van der Waals surface area contributed by atoms with Crippen LogP contribution in [-0.4, -0.2) is 47.2 Å². The Bertz CT molecular complexity index is 444. The van der Waals surface area contributed by atoms with Crippen LogP contribution in [0.5, 0.6) is 0 Å². The molecule has 5 N–H and O–H groups in total. The summed E-state index contributed by atoms with van der Waals surface area (Å²) in [5.41, 5.74) is 6.04. The lowest BCUT2D eigenvalue weighted by Gasteiger charge is -2.40. The molecule has 7 nitrogen and oxygen atoms in total. The SMILES string of the molecule is CC1(C)NC(C(N)=O)=C2N=CN(CCCCCO)C2N1. The standard InChI is InChI=1S/C13H23N5O2/c1-13(2)16-9(11(14)20)10-12(17-13)18(8-15-10)6-4-3-5-7-19/h8,12,16-17,19H,3-7H2,1-2H3,(H2,14,20). The van der Waals surface area contributed by atoms with Gasteiger partial charge in [-0.25, -0.2) is 4.99 Å². The second-order valence-corrected chi connectivity index (χ2v) is 5.69. The maximum Gasteiger partial charge on any atom is 0.266 e. The number of carbonyl (C=O) groups excluding carboxylic acids is 1. The molecule has 0 bridgehead atoms. The van der Waals surface area contributed by atoms with Crippen molar-refractivity contribution in [3.63, 3.8) is 0 Å². The number of nitrogens with one attached hydrogen (secondary N) is 2. The molecule has 0 aromatic carbocycles. The molecule has 7 heteroatoms. The molecule has 0 fully saturated rings. The summed E-state index contributed by atoms with van der Waals surface area (Å²) >= 11 is 0. The van der Waals surface area contributed by atoms with Crippen molar-refractivity contribution in [2.24, 2.45) is 10.7 Å². The van der Waals surface area contributed by atoms with E-state index >= 15 is 0 Å². The van der Waals surface area contributed by atoms with Gasteiger partial charge in [-0.1, -0.05) is 0 Å². The fraction of sp³-hybridized carbons (Fsp3) is 0.692. The van der Waals surface area contributed by atoms with Crippen molar-refractivity contribution in [3.05, 3.63) is 11.4 Å². The summed E-state index contributed by atoms with van der Waals surface area (Å²) < 4.78 is 0. The van der Waals surface area contributed by atoms with Crippen LogP contribution in [-0.2, 0) is 4.79 Å². The van der Waals surface area contributed by atoms with E-state index in [0.29, 0.717) is 11.4 Å². The van der Waals surface area contributed by atoms with Crippen LogP contribution in [0.2, 0.25) is 0 Å². The van der Waals surface area contributed by atoms with Crippen LogP contribution in [0.15, 0.2) is 16.4 Å². The van der Waals surface area contributed by atoms with Crippen molar-refractivity contribution in [1.29, 1.82) is 0 Å². The summed E-state index contributed by atoms with van der Waals surface area (Å²) in [7, 11) is 0. The Morgan fingerprint density at radius 1 is 1.50 bits per heavy atom. The summed E-state index contributed by atoms with van der Waals surface area (Å²) in [5, 5.41) is 15.3. The normalized spacial score (nSPS) is 23.8. The van der Waals surface area contributed by atoms with Gasteiger partial charge in [0.1, 0.15) is 17.6 Å². The van der Waals surface area contributed by atoms with Gasteiger partial charge < -0.3 is 21.1 Å². The molecule has 20 heavy (non-hydrogen) atoms. The average molecular weight is 281 g/mol. The van der Waals surface area contributed by atoms with E-state index in [1.54, 1.807) is 6.34 Å². The minimum atomic E-state index is -0.487. The lowest BCUT2D eigenvalue weighted by Crippen LogP contribution is -2.64. The van der Waals surface area contributed by atoms with Gasteiger partial charge in [0.2, 0.25) is 0 Å². The zero-order valence-corrected chi connectivity index (χ0v) is 12.0. The van der Waals surface area contributed by atoms with Crippen molar-refractivity contribution in [1.82, 2.24) is 15.5 Å². The van der Waals surface area contributed by atoms with Gasteiger partial charge in [0.25, 0.3) is 5.91 Å². The molecule has 2 aliphatic rings. The third-order valence-corrected chi connectivity index (χ3v) is 3.45. The monoisotopic (exact) mass is 281 g/mol. The molecule has 1 atom stereocenters. The smallest absolute Gasteiger partial charge is 0.266 e. The number of rotatable bonds is 6. The average Bonchev–Trinajstić information content (AvgIpc) is 2.75. The summed E-state index contributed by atoms with van der Waals surface area (Å²) in [6, 6.07) is 0. The van der Waals surface area contributed by atoms with Crippen molar-refractivity contribution >= 4 is 12.2 Å². The molecule has 2 rings (SSSR count). The Kier molecular flexibility index (Phi) is 4.29. The molecule has 0 aliphatic carbocycles. The van der Waals surface area contributed by atoms with Gasteiger partial charge in [-0.05, 0) is 33.1 Å². The molecule has 0 aromatic heterocycles. The first-order chi connectivity index (χ1) is 9.44. The quantitative estimate of drug-likeness (QED) is 0.489. The fourth-order valence-electron chi connectivity index (χ4n) is 2.50. The second-order valence-electron chi connectivity index (χ2n) is 5.69. The summed E-state index contributed by atoms with van der Waals surface area (Å²) in [6.07, 6.45) is 4.38. The number of carbonyl (C=O) groups is 1. The van der Waals surface area contributed by atoms with Gasteiger partial charge in [-0.2, -0.15) is 0 Å². The first-order valence-corrected chi connectivity index (χ1v) is 6.95. The van der Waals surface area contributed by atoms with Crippen LogP contribution in [0, 0.1) is 0 Å². The Hall–Kier alpha value is -1.60. The maximum atomic E-state index is 11.5. The highest BCUT2D eigenvalue weighted by atomic mass is 16.2. The number of nitrogens with zero attached hydrogens (tertiary/aromatic N) is 2. The number of unbranched alkanes of at least 4 members (excludes halogenated alkanes) is 2. The number of fused-ring (bicyclic) bond motifs is 1. The van der Waals surface area contributed by atoms with E-state index < -0.39 is 11.6 Å². The van der Waals surface area contributed by atoms with E-state index in [0.717, 1.165) is 25.8 Å². The first kappa shape index (κ1) is 14.8. The van der Waals surface area contributed by atoms with Gasteiger partial charge >= 0.3 is 0 Å². The minimum Gasteiger partial charge on any atom is -0.396 e. The number of primary amides is 1. The van der Waals surface area contributed by atoms with Crippen LogP contribution >= 0.6 is 0 Å². The van der Waals surface area contributed by atoms with Crippen LogP contribution in [0.25, 0.3) is 0 Å². The molecular formula is C13H23N5O2. The molecule has 0 spiro atoms. The number of aliphatic imine (C=N–C) groups is 1. The molecule has 2 heterocycles. The largest absolute Gasteiger partial charge is 0.396 e. The molecule has 0 aromatic rings. The number of aliphatic hydroxyl groups excluding tert-OH is 1. The number of hydrogen-bond donors (Lipinski definition) is 4. The van der Waals surface area contributed by atoms with Gasteiger partial charge in [-0.3, -0.25) is 10.1 Å². The third kappa shape index (κ3) is 3.10. The number of nitrogens with two attached hydrogens (primary N) is 1. The van der Waals surface area contributed by atoms with Crippen molar-refractivity contribution < 1.29 is 9.90 Å². The highest BCUT2D eigenvalue weighted by Crippen LogP contribution is 2.25. The van der Waals surface area contributed by atoms with Crippen LogP contribution in [0.3, 0.4) is 0 Å². The zero-order valence-electron chi connectivity index (χ0n) is 12.0.